The van der Waals surface area contributed by atoms with Gasteiger partial charge in [0.25, 0.3) is 0 Å². The molecule has 2 aliphatic heterocycles. The maximum Gasteiger partial charge on any atom is 0.227 e. The van der Waals surface area contributed by atoms with Gasteiger partial charge in [0.2, 0.25) is 11.8 Å². The first-order valence-corrected chi connectivity index (χ1v) is 8.01. The molecule has 0 radical (unpaired) electrons. The van der Waals surface area contributed by atoms with Crippen LogP contribution in [-0.4, -0.2) is 49.4 Å². The van der Waals surface area contributed by atoms with E-state index in [0.717, 1.165) is 45.4 Å². The number of carbonyl (C=O) groups is 2. The highest BCUT2D eigenvalue weighted by Gasteiger charge is 2.33. The highest BCUT2D eigenvalue weighted by Crippen LogP contribution is 2.28. The average Bonchev–Trinajstić information content (AvgIpc) is 3.15. The summed E-state index contributed by atoms with van der Waals surface area (Å²) in [6, 6.07) is 0. The molecule has 2 atom stereocenters. The Morgan fingerprint density at radius 3 is 2.70 bits per heavy atom. The van der Waals surface area contributed by atoms with E-state index in [1.807, 2.05) is 4.90 Å². The molecule has 2 N–H and O–H groups in total. The topological polar surface area (TPSA) is 61.4 Å². The minimum atomic E-state index is 0.000752. The molecule has 1 saturated carbocycles. The molecular formula is C15H25N3O2. The molecule has 112 valence electrons. The van der Waals surface area contributed by atoms with E-state index in [-0.39, 0.29) is 23.7 Å². The Balaban J connectivity index is 1.49. The fourth-order valence-corrected chi connectivity index (χ4v) is 3.23. The number of likely N-dealkylation sites (tertiary alicyclic amines) is 1. The van der Waals surface area contributed by atoms with Crippen molar-refractivity contribution >= 4 is 11.8 Å². The van der Waals surface area contributed by atoms with Crippen LogP contribution in [-0.2, 0) is 9.59 Å². The number of nitrogens with zero attached hydrogens (tertiary/aromatic N) is 1. The lowest BCUT2D eigenvalue weighted by Crippen LogP contribution is -2.47. The van der Waals surface area contributed by atoms with Crippen molar-refractivity contribution in [2.45, 2.75) is 32.1 Å². The lowest BCUT2D eigenvalue weighted by atomic mass is 9.95. The molecule has 0 aromatic heterocycles. The number of hydrogen-bond donors (Lipinski definition) is 2. The standard InChI is InChI=1S/C15H25N3O2/c19-14(17-8-11-3-4-11)13-2-1-7-18(10-13)15(20)12-5-6-16-9-12/h11-13,16H,1-10H2,(H,17,19). The molecule has 3 rings (SSSR count). The van der Waals surface area contributed by atoms with Gasteiger partial charge in [-0.1, -0.05) is 0 Å². The van der Waals surface area contributed by atoms with Gasteiger partial charge in [-0.15, -0.1) is 0 Å². The Bertz CT molecular complexity index is 375. The first kappa shape index (κ1) is 13.9. The van der Waals surface area contributed by atoms with Crippen molar-refractivity contribution in [3.63, 3.8) is 0 Å². The van der Waals surface area contributed by atoms with Gasteiger partial charge in [0.15, 0.2) is 0 Å². The summed E-state index contributed by atoms with van der Waals surface area (Å²) in [7, 11) is 0. The van der Waals surface area contributed by atoms with Crippen LogP contribution >= 0.6 is 0 Å². The second kappa shape index (κ2) is 6.12. The van der Waals surface area contributed by atoms with Gasteiger partial charge in [-0.3, -0.25) is 9.59 Å². The molecule has 0 aromatic rings. The van der Waals surface area contributed by atoms with Crippen molar-refractivity contribution in [3.05, 3.63) is 0 Å². The van der Waals surface area contributed by atoms with E-state index in [1.165, 1.54) is 12.8 Å². The SMILES string of the molecule is O=C(NCC1CC1)C1CCCN(C(=O)C2CCNC2)C1. The van der Waals surface area contributed by atoms with Crippen molar-refractivity contribution in [3.8, 4) is 0 Å². The van der Waals surface area contributed by atoms with Gasteiger partial charge in [-0.05, 0) is 44.6 Å². The van der Waals surface area contributed by atoms with Gasteiger partial charge in [-0.25, -0.2) is 0 Å². The van der Waals surface area contributed by atoms with Gasteiger partial charge >= 0.3 is 0 Å². The zero-order chi connectivity index (χ0) is 13.9. The summed E-state index contributed by atoms with van der Waals surface area (Å²) in [5.74, 6) is 1.24. The Hall–Kier alpha value is -1.10. The smallest absolute Gasteiger partial charge is 0.227 e. The van der Waals surface area contributed by atoms with Crippen molar-refractivity contribution in [1.29, 1.82) is 0 Å². The zero-order valence-electron chi connectivity index (χ0n) is 12.1. The quantitative estimate of drug-likeness (QED) is 0.781. The number of hydrogen-bond acceptors (Lipinski definition) is 3. The number of carbonyl (C=O) groups excluding carboxylic acids is 2. The van der Waals surface area contributed by atoms with Crippen LogP contribution in [0.5, 0.6) is 0 Å². The number of piperidine rings is 1. The molecule has 0 aromatic carbocycles. The van der Waals surface area contributed by atoms with E-state index < -0.39 is 0 Å². The van der Waals surface area contributed by atoms with Crippen LogP contribution in [0.4, 0.5) is 0 Å². The van der Waals surface area contributed by atoms with Crippen LogP contribution in [0.3, 0.4) is 0 Å². The summed E-state index contributed by atoms with van der Waals surface area (Å²) in [6.45, 7) is 4.01. The molecule has 0 spiro atoms. The molecule has 2 unspecified atom stereocenters. The van der Waals surface area contributed by atoms with Crippen LogP contribution in [0.2, 0.25) is 0 Å². The maximum absolute atomic E-state index is 12.4. The Kier molecular flexibility index (Phi) is 4.24. The number of amides is 2. The van der Waals surface area contributed by atoms with Gasteiger partial charge in [0.1, 0.15) is 0 Å². The Morgan fingerprint density at radius 1 is 1.15 bits per heavy atom. The molecule has 0 bridgehead atoms. The summed E-state index contributed by atoms with van der Waals surface area (Å²) in [6.07, 6.45) is 5.32. The van der Waals surface area contributed by atoms with Gasteiger partial charge in [0, 0.05) is 26.2 Å². The third kappa shape index (κ3) is 3.32. The van der Waals surface area contributed by atoms with Crippen molar-refractivity contribution in [2.24, 2.45) is 17.8 Å². The van der Waals surface area contributed by atoms with Gasteiger partial charge in [-0.2, -0.15) is 0 Å². The first-order chi connectivity index (χ1) is 9.74. The summed E-state index contributed by atoms with van der Waals surface area (Å²) >= 11 is 0. The van der Waals surface area contributed by atoms with Crippen LogP contribution in [0, 0.1) is 17.8 Å². The molecule has 2 amide bonds. The lowest BCUT2D eigenvalue weighted by Gasteiger charge is -2.33. The predicted octanol–water partition coefficient (Wildman–Crippen LogP) is 0.361. The minimum absolute atomic E-state index is 0.000752. The number of rotatable bonds is 4. The molecule has 3 aliphatic rings. The van der Waals surface area contributed by atoms with Crippen LogP contribution in [0.1, 0.15) is 32.1 Å². The zero-order valence-corrected chi connectivity index (χ0v) is 12.1. The van der Waals surface area contributed by atoms with E-state index in [0.29, 0.717) is 12.5 Å². The van der Waals surface area contributed by atoms with E-state index >= 15 is 0 Å². The van der Waals surface area contributed by atoms with Crippen LogP contribution < -0.4 is 10.6 Å². The molecular weight excluding hydrogens is 254 g/mol. The van der Waals surface area contributed by atoms with Crippen LogP contribution in [0.25, 0.3) is 0 Å². The third-order valence-corrected chi connectivity index (χ3v) is 4.78. The van der Waals surface area contributed by atoms with Crippen LogP contribution in [0.15, 0.2) is 0 Å². The Labute approximate surface area is 120 Å². The predicted molar refractivity (Wildman–Crippen MR) is 76.0 cm³/mol. The summed E-state index contributed by atoms with van der Waals surface area (Å²) in [4.78, 5) is 26.5. The summed E-state index contributed by atoms with van der Waals surface area (Å²) < 4.78 is 0. The molecule has 5 heteroatoms. The maximum atomic E-state index is 12.4. The molecule has 1 aliphatic carbocycles. The third-order valence-electron chi connectivity index (χ3n) is 4.78. The normalized spacial score (nSPS) is 30.3. The van der Waals surface area contributed by atoms with Crippen molar-refractivity contribution in [1.82, 2.24) is 15.5 Å². The second-order valence-corrected chi connectivity index (χ2v) is 6.50. The van der Waals surface area contributed by atoms with Gasteiger partial charge in [0.05, 0.1) is 11.8 Å². The highest BCUT2D eigenvalue weighted by molar-refractivity contribution is 5.82. The number of nitrogens with one attached hydrogen (secondary N) is 2. The fraction of sp³-hybridized carbons (Fsp3) is 0.867. The molecule has 20 heavy (non-hydrogen) atoms. The monoisotopic (exact) mass is 279 g/mol. The summed E-state index contributed by atoms with van der Waals surface area (Å²) in [5.41, 5.74) is 0. The lowest BCUT2D eigenvalue weighted by molar-refractivity contribution is -0.138. The molecule has 3 fully saturated rings. The average molecular weight is 279 g/mol. The van der Waals surface area contributed by atoms with E-state index in [4.69, 9.17) is 0 Å². The highest BCUT2D eigenvalue weighted by atomic mass is 16.2. The first-order valence-electron chi connectivity index (χ1n) is 8.01. The van der Waals surface area contributed by atoms with Gasteiger partial charge < -0.3 is 15.5 Å². The van der Waals surface area contributed by atoms with Crippen molar-refractivity contribution in [2.75, 3.05) is 32.7 Å². The fourth-order valence-electron chi connectivity index (χ4n) is 3.23. The largest absolute Gasteiger partial charge is 0.356 e. The Morgan fingerprint density at radius 2 is 2.00 bits per heavy atom. The molecule has 2 saturated heterocycles. The molecule has 5 nitrogen and oxygen atoms in total. The summed E-state index contributed by atoms with van der Waals surface area (Å²) in [5, 5.41) is 6.29. The van der Waals surface area contributed by atoms with E-state index in [1.54, 1.807) is 0 Å². The van der Waals surface area contributed by atoms with E-state index in [9.17, 15) is 9.59 Å². The molecule has 2 heterocycles. The van der Waals surface area contributed by atoms with E-state index in [2.05, 4.69) is 10.6 Å². The minimum Gasteiger partial charge on any atom is -0.356 e. The second-order valence-electron chi connectivity index (χ2n) is 6.50. The van der Waals surface area contributed by atoms with Crippen molar-refractivity contribution < 1.29 is 9.59 Å².